The Kier molecular flexibility index (Phi) is 2.66. The van der Waals surface area contributed by atoms with Crippen molar-refractivity contribution in [3.05, 3.63) is 29.8 Å². The third-order valence-corrected chi connectivity index (χ3v) is 4.06. The Balaban J connectivity index is 1.72. The van der Waals surface area contributed by atoms with Crippen LogP contribution in [-0.2, 0) is 6.54 Å². The molecule has 3 nitrogen and oxygen atoms in total. The Hall–Kier alpha value is -0.550. The predicted molar refractivity (Wildman–Crippen MR) is 62.3 cm³/mol. The molecule has 1 fully saturated rings. The highest BCUT2D eigenvalue weighted by Gasteiger charge is 2.25. The van der Waals surface area contributed by atoms with E-state index in [9.17, 15) is 0 Å². The second-order valence-corrected chi connectivity index (χ2v) is 4.96. The van der Waals surface area contributed by atoms with Crippen LogP contribution in [0.25, 0.3) is 0 Å². The van der Waals surface area contributed by atoms with Gasteiger partial charge in [0.05, 0.1) is 6.54 Å². The van der Waals surface area contributed by atoms with Crippen molar-refractivity contribution in [1.29, 1.82) is 0 Å². The summed E-state index contributed by atoms with van der Waals surface area (Å²) in [6.07, 6.45) is 0. The van der Waals surface area contributed by atoms with Crippen LogP contribution in [0.5, 0.6) is 0 Å². The summed E-state index contributed by atoms with van der Waals surface area (Å²) in [4.78, 5) is 1.41. The van der Waals surface area contributed by atoms with E-state index in [0.29, 0.717) is 0 Å². The van der Waals surface area contributed by atoms with Crippen molar-refractivity contribution in [3.63, 3.8) is 0 Å². The zero-order chi connectivity index (χ0) is 10.1. The Bertz CT molecular complexity index is 324. The molecule has 0 amide bonds. The molecule has 0 spiro atoms. The predicted octanol–water partition coefficient (Wildman–Crippen LogP) is 1.33. The molecule has 0 aliphatic carbocycles. The molecule has 1 aromatic carbocycles. The maximum atomic E-state index is 3.38. The van der Waals surface area contributed by atoms with E-state index in [0.717, 1.165) is 32.7 Å². The number of nitrogens with zero attached hydrogens (tertiary/aromatic N) is 2. The van der Waals surface area contributed by atoms with Gasteiger partial charge in [0.2, 0.25) is 0 Å². The zero-order valence-electron chi connectivity index (χ0n) is 8.65. The van der Waals surface area contributed by atoms with E-state index < -0.39 is 0 Å². The molecule has 0 unspecified atom stereocenters. The molecule has 2 aliphatic heterocycles. The van der Waals surface area contributed by atoms with Crippen molar-refractivity contribution in [1.82, 2.24) is 14.7 Å². The molecule has 3 rings (SSSR count). The van der Waals surface area contributed by atoms with Gasteiger partial charge < -0.3 is 5.32 Å². The van der Waals surface area contributed by atoms with Crippen LogP contribution in [-0.4, -0.2) is 35.6 Å². The number of piperazine rings is 1. The Morgan fingerprint density at radius 3 is 2.73 bits per heavy atom. The Morgan fingerprint density at radius 1 is 1.13 bits per heavy atom. The fourth-order valence-electron chi connectivity index (χ4n) is 2.05. The molecule has 0 atom stereocenters. The van der Waals surface area contributed by atoms with E-state index in [4.69, 9.17) is 0 Å². The molecule has 2 heterocycles. The molecule has 4 heteroatoms. The van der Waals surface area contributed by atoms with Crippen molar-refractivity contribution in [2.45, 2.75) is 11.4 Å². The zero-order valence-corrected chi connectivity index (χ0v) is 9.46. The maximum Gasteiger partial charge on any atom is 0.0513 e. The number of nitrogens with one attached hydrogen (secondary N) is 1. The normalized spacial score (nSPS) is 22.9. The largest absolute Gasteiger partial charge is 0.314 e. The van der Waals surface area contributed by atoms with Crippen molar-refractivity contribution in [2.75, 3.05) is 26.2 Å². The summed E-state index contributed by atoms with van der Waals surface area (Å²) in [6, 6.07) is 8.68. The van der Waals surface area contributed by atoms with Crippen LogP contribution >= 0.6 is 11.9 Å². The summed E-state index contributed by atoms with van der Waals surface area (Å²) in [5.41, 5.74) is 1.46. The van der Waals surface area contributed by atoms with Crippen LogP contribution in [0, 0.1) is 0 Å². The third kappa shape index (κ3) is 1.90. The number of hydrogen-bond donors (Lipinski definition) is 1. The average molecular weight is 221 g/mol. The minimum absolute atomic E-state index is 1.06. The van der Waals surface area contributed by atoms with Gasteiger partial charge in [-0.1, -0.05) is 18.2 Å². The van der Waals surface area contributed by atoms with Gasteiger partial charge in [0, 0.05) is 31.1 Å². The third-order valence-electron chi connectivity index (χ3n) is 2.89. The minimum Gasteiger partial charge on any atom is -0.314 e. The second-order valence-electron chi connectivity index (χ2n) is 3.91. The van der Waals surface area contributed by atoms with Crippen LogP contribution in [0.4, 0.5) is 0 Å². The first-order valence-corrected chi connectivity index (χ1v) is 6.20. The Labute approximate surface area is 94.5 Å². The molecule has 15 heavy (non-hydrogen) atoms. The average Bonchev–Trinajstić information content (AvgIpc) is 2.74. The molecule has 0 aromatic heterocycles. The summed E-state index contributed by atoms with van der Waals surface area (Å²) in [7, 11) is 0. The van der Waals surface area contributed by atoms with E-state index in [2.05, 4.69) is 39.0 Å². The van der Waals surface area contributed by atoms with Gasteiger partial charge in [-0.05, 0) is 23.6 Å². The number of hydrogen-bond acceptors (Lipinski definition) is 4. The van der Waals surface area contributed by atoms with Crippen molar-refractivity contribution in [2.24, 2.45) is 0 Å². The van der Waals surface area contributed by atoms with Gasteiger partial charge in [-0.2, -0.15) is 4.41 Å². The van der Waals surface area contributed by atoms with Crippen LogP contribution in [0.2, 0.25) is 0 Å². The van der Waals surface area contributed by atoms with Crippen LogP contribution < -0.4 is 5.32 Å². The first kappa shape index (κ1) is 9.66. The number of fused-ring (bicyclic) bond motifs is 1. The van der Waals surface area contributed by atoms with Crippen molar-refractivity contribution in [3.8, 4) is 0 Å². The van der Waals surface area contributed by atoms with Crippen molar-refractivity contribution < 1.29 is 0 Å². The summed E-state index contributed by atoms with van der Waals surface area (Å²) in [5.74, 6) is 0. The fraction of sp³-hybridized carbons (Fsp3) is 0.455. The lowest BCUT2D eigenvalue weighted by atomic mass is 10.2. The molecule has 1 N–H and O–H groups in total. The summed E-state index contributed by atoms with van der Waals surface area (Å²) in [6.45, 7) is 5.52. The molecule has 2 aliphatic rings. The molecule has 0 radical (unpaired) electrons. The minimum atomic E-state index is 1.06. The first-order valence-electron chi connectivity index (χ1n) is 5.42. The lowest BCUT2D eigenvalue weighted by Gasteiger charge is -2.33. The maximum absolute atomic E-state index is 3.38. The first-order chi connectivity index (χ1) is 7.43. The van der Waals surface area contributed by atoms with E-state index >= 15 is 0 Å². The highest BCUT2D eigenvalue weighted by Crippen LogP contribution is 2.36. The van der Waals surface area contributed by atoms with Crippen LogP contribution in [0.3, 0.4) is 0 Å². The van der Waals surface area contributed by atoms with E-state index in [1.54, 1.807) is 0 Å². The van der Waals surface area contributed by atoms with Gasteiger partial charge in [-0.3, -0.25) is 0 Å². The molecular weight excluding hydrogens is 206 g/mol. The lowest BCUT2D eigenvalue weighted by molar-refractivity contribution is 0.0549. The van der Waals surface area contributed by atoms with Gasteiger partial charge in [0.25, 0.3) is 0 Å². The summed E-state index contributed by atoms with van der Waals surface area (Å²) < 4.78 is 2.39. The molecule has 1 saturated heterocycles. The Morgan fingerprint density at radius 2 is 1.93 bits per heavy atom. The highest BCUT2D eigenvalue weighted by atomic mass is 32.2. The number of rotatable bonds is 1. The SMILES string of the molecule is c1ccc2c(c1)CN(N1CCNCC1)S2. The smallest absolute Gasteiger partial charge is 0.0513 e. The van der Waals surface area contributed by atoms with Gasteiger partial charge in [0.15, 0.2) is 0 Å². The van der Waals surface area contributed by atoms with Gasteiger partial charge >= 0.3 is 0 Å². The van der Waals surface area contributed by atoms with Gasteiger partial charge in [0.1, 0.15) is 0 Å². The number of hydrazine groups is 1. The highest BCUT2D eigenvalue weighted by molar-refractivity contribution is 7.97. The van der Waals surface area contributed by atoms with E-state index in [1.807, 2.05) is 11.9 Å². The van der Waals surface area contributed by atoms with Crippen LogP contribution in [0.1, 0.15) is 5.56 Å². The second kappa shape index (κ2) is 4.14. The molecule has 0 saturated carbocycles. The van der Waals surface area contributed by atoms with E-state index in [-0.39, 0.29) is 0 Å². The monoisotopic (exact) mass is 221 g/mol. The standard InChI is InChI=1S/C11H15N3S/c1-2-4-11-10(3-1)9-14(15-11)13-7-5-12-6-8-13/h1-4,12H,5-9H2. The van der Waals surface area contributed by atoms with Gasteiger partial charge in [-0.15, -0.1) is 0 Å². The summed E-state index contributed by atoms with van der Waals surface area (Å²) in [5, 5.41) is 5.83. The van der Waals surface area contributed by atoms with Gasteiger partial charge in [-0.25, -0.2) is 5.01 Å². The van der Waals surface area contributed by atoms with Crippen molar-refractivity contribution >= 4 is 11.9 Å². The summed E-state index contributed by atoms with van der Waals surface area (Å²) >= 11 is 1.87. The molecule has 80 valence electrons. The lowest BCUT2D eigenvalue weighted by Crippen LogP contribution is -2.48. The molecule has 0 bridgehead atoms. The van der Waals surface area contributed by atoms with Crippen LogP contribution in [0.15, 0.2) is 29.2 Å². The number of benzene rings is 1. The fourth-order valence-corrected chi connectivity index (χ4v) is 3.15. The van der Waals surface area contributed by atoms with E-state index in [1.165, 1.54) is 10.5 Å². The molecular formula is C11H15N3S. The molecule has 1 aromatic rings. The topological polar surface area (TPSA) is 18.5 Å². The quantitative estimate of drug-likeness (QED) is 0.721.